The van der Waals surface area contributed by atoms with Gasteiger partial charge in [-0.2, -0.15) is 13.2 Å². The van der Waals surface area contributed by atoms with Gasteiger partial charge in [0.2, 0.25) is 0 Å². The normalized spacial score (nSPS) is 21.5. The van der Waals surface area contributed by atoms with Crippen molar-refractivity contribution in [3.8, 4) is 0 Å². The molecule has 192 valence electrons. The highest BCUT2D eigenvalue weighted by Crippen LogP contribution is 2.46. The summed E-state index contributed by atoms with van der Waals surface area (Å²) in [5, 5.41) is 12.0. The molecule has 2 aromatic rings. The standard InChI is InChI=1S/C27H30F3N3O3/c1-3-16(4-2)17-9-10-20(22(12-17)27(28,29)30)18-11-19-14-33(15-26(19,31)13-18)25(36)32-23-8-6-5-7-21(23)24(34)35/h5-12,16,19H,3-4,13-15,31H2,1-2H3,(H,32,36)(H,34,35). The van der Waals surface area contributed by atoms with Crippen molar-refractivity contribution in [2.45, 2.75) is 50.7 Å². The number of amides is 2. The summed E-state index contributed by atoms with van der Waals surface area (Å²) in [5.41, 5.74) is 6.58. The number of nitrogens with one attached hydrogen (secondary N) is 1. The van der Waals surface area contributed by atoms with Gasteiger partial charge in [0.1, 0.15) is 0 Å². The molecule has 2 atom stereocenters. The molecule has 0 saturated carbocycles. The number of carboxylic acid groups (broad SMARTS) is 1. The number of aromatic carboxylic acids is 1. The number of alkyl halides is 3. The smallest absolute Gasteiger partial charge is 0.417 e. The molecule has 1 aliphatic carbocycles. The Morgan fingerprint density at radius 2 is 1.89 bits per heavy atom. The number of benzene rings is 2. The van der Waals surface area contributed by atoms with Crippen LogP contribution in [0.15, 0.2) is 48.5 Å². The molecule has 2 unspecified atom stereocenters. The van der Waals surface area contributed by atoms with Crippen LogP contribution in [0.5, 0.6) is 0 Å². The number of rotatable bonds is 6. The van der Waals surface area contributed by atoms with Crippen molar-refractivity contribution in [3.05, 3.63) is 70.8 Å². The third-order valence-electron chi connectivity index (χ3n) is 7.40. The van der Waals surface area contributed by atoms with E-state index in [1.165, 1.54) is 23.1 Å². The van der Waals surface area contributed by atoms with Gasteiger partial charge in [0.25, 0.3) is 0 Å². The molecule has 0 radical (unpaired) electrons. The molecule has 1 heterocycles. The molecule has 9 heteroatoms. The number of hydrogen-bond donors (Lipinski definition) is 3. The van der Waals surface area contributed by atoms with Gasteiger partial charge in [0, 0.05) is 24.5 Å². The Morgan fingerprint density at radius 1 is 1.19 bits per heavy atom. The topological polar surface area (TPSA) is 95.7 Å². The van der Waals surface area contributed by atoms with Crippen LogP contribution in [0.2, 0.25) is 0 Å². The van der Waals surface area contributed by atoms with E-state index in [0.717, 1.165) is 12.8 Å². The first-order valence-corrected chi connectivity index (χ1v) is 12.1. The molecule has 1 fully saturated rings. The number of fused-ring (bicyclic) bond motifs is 1. The van der Waals surface area contributed by atoms with Crippen molar-refractivity contribution in [2.24, 2.45) is 11.7 Å². The van der Waals surface area contributed by atoms with E-state index < -0.39 is 29.3 Å². The van der Waals surface area contributed by atoms with Crippen molar-refractivity contribution in [1.29, 1.82) is 0 Å². The first-order valence-electron chi connectivity index (χ1n) is 12.1. The molecule has 36 heavy (non-hydrogen) atoms. The summed E-state index contributed by atoms with van der Waals surface area (Å²) in [7, 11) is 0. The van der Waals surface area contributed by atoms with Gasteiger partial charge in [-0.25, -0.2) is 9.59 Å². The number of likely N-dealkylation sites (tertiary alicyclic amines) is 1. The zero-order chi connectivity index (χ0) is 26.3. The lowest BCUT2D eigenvalue weighted by atomic mass is 9.87. The van der Waals surface area contributed by atoms with Gasteiger partial charge in [0.15, 0.2) is 0 Å². The van der Waals surface area contributed by atoms with Gasteiger partial charge in [0.05, 0.1) is 16.8 Å². The largest absolute Gasteiger partial charge is 0.478 e. The Labute approximate surface area is 208 Å². The number of urea groups is 1. The Morgan fingerprint density at radius 3 is 2.50 bits per heavy atom. The summed E-state index contributed by atoms with van der Waals surface area (Å²) in [6.07, 6.45) is -1.00. The maximum atomic E-state index is 14.0. The van der Waals surface area contributed by atoms with Crippen LogP contribution < -0.4 is 11.1 Å². The molecular formula is C27H30F3N3O3. The minimum atomic E-state index is -4.50. The maximum Gasteiger partial charge on any atom is 0.417 e. The molecule has 2 aliphatic rings. The lowest BCUT2D eigenvalue weighted by Crippen LogP contribution is -2.46. The van der Waals surface area contributed by atoms with Crippen molar-refractivity contribution < 1.29 is 27.9 Å². The van der Waals surface area contributed by atoms with E-state index in [1.807, 2.05) is 13.8 Å². The number of para-hydroxylation sites is 1. The van der Waals surface area contributed by atoms with Crippen molar-refractivity contribution >= 4 is 23.3 Å². The second kappa shape index (κ2) is 9.61. The van der Waals surface area contributed by atoms with E-state index in [4.69, 9.17) is 5.73 Å². The van der Waals surface area contributed by atoms with E-state index in [-0.39, 0.29) is 48.2 Å². The van der Waals surface area contributed by atoms with Gasteiger partial charge in [-0.05, 0) is 60.1 Å². The average Bonchev–Trinajstić information content (AvgIpc) is 3.31. The third-order valence-corrected chi connectivity index (χ3v) is 7.40. The van der Waals surface area contributed by atoms with Crippen LogP contribution in [0, 0.1) is 5.92 Å². The van der Waals surface area contributed by atoms with E-state index in [1.54, 1.807) is 30.3 Å². The predicted octanol–water partition coefficient (Wildman–Crippen LogP) is 5.96. The quantitative estimate of drug-likeness (QED) is 0.455. The molecule has 6 nitrogen and oxygen atoms in total. The summed E-state index contributed by atoms with van der Waals surface area (Å²) in [6.45, 7) is 4.31. The molecule has 4 N–H and O–H groups in total. The van der Waals surface area contributed by atoms with Crippen LogP contribution in [0.3, 0.4) is 0 Å². The monoisotopic (exact) mass is 501 g/mol. The number of halogens is 3. The summed E-state index contributed by atoms with van der Waals surface area (Å²) < 4.78 is 42.1. The fourth-order valence-electron chi connectivity index (χ4n) is 5.42. The average molecular weight is 502 g/mol. The molecule has 2 aromatic carbocycles. The minimum Gasteiger partial charge on any atom is -0.478 e. The highest BCUT2D eigenvalue weighted by Gasteiger charge is 2.49. The first-order chi connectivity index (χ1) is 17.0. The zero-order valence-electron chi connectivity index (χ0n) is 20.2. The Hall–Kier alpha value is -3.33. The number of nitrogens with zero attached hydrogens (tertiary/aromatic N) is 1. The van der Waals surface area contributed by atoms with Crippen LogP contribution in [-0.2, 0) is 6.18 Å². The summed E-state index contributed by atoms with van der Waals surface area (Å²) >= 11 is 0. The fourth-order valence-corrected chi connectivity index (χ4v) is 5.42. The number of hydrogen-bond acceptors (Lipinski definition) is 3. The van der Waals surface area contributed by atoms with Crippen molar-refractivity contribution in [2.75, 3.05) is 18.4 Å². The number of anilines is 1. The summed E-state index contributed by atoms with van der Waals surface area (Å²) in [5.74, 6) is -1.41. The van der Waals surface area contributed by atoms with Crippen molar-refractivity contribution in [3.63, 3.8) is 0 Å². The minimum absolute atomic E-state index is 0.0357. The van der Waals surface area contributed by atoms with Crippen LogP contribution >= 0.6 is 0 Å². The zero-order valence-corrected chi connectivity index (χ0v) is 20.2. The second-order valence-corrected chi connectivity index (χ2v) is 9.69. The van der Waals surface area contributed by atoms with Crippen LogP contribution in [0.25, 0.3) is 5.57 Å². The van der Waals surface area contributed by atoms with E-state index in [9.17, 15) is 27.9 Å². The number of carbonyl (C=O) groups excluding carboxylic acids is 1. The fraction of sp³-hybridized carbons (Fsp3) is 0.407. The van der Waals surface area contributed by atoms with Crippen LogP contribution in [-0.4, -0.2) is 40.6 Å². The molecule has 0 aromatic heterocycles. The van der Waals surface area contributed by atoms with E-state index in [2.05, 4.69) is 5.32 Å². The lowest BCUT2D eigenvalue weighted by Gasteiger charge is -2.25. The second-order valence-electron chi connectivity index (χ2n) is 9.69. The van der Waals surface area contributed by atoms with Crippen LogP contribution in [0.1, 0.15) is 66.1 Å². The molecule has 0 spiro atoms. The Balaban J connectivity index is 1.56. The highest BCUT2D eigenvalue weighted by atomic mass is 19.4. The Bertz CT molecular complexity index is 1210. The van der Waals surface area contributed by atoms with Gasteiger partial charge < -0.3 is 21.1 Å². The van der Waals surface area contributed by atoms with Gasteiger partial charge in [-0.1, -0.05) is 44.2 Å². The van der Waals surface area contributed by atoms with Gasteiger partial charge in [-0.3, -0.25) is 0 Å². The van der Waals surface area contributed by atoms with Crippen LogP contribution in [0.4, 0.5) is 23.7 Å². The molecule has 1 aliphatic heterocycles. The molecule has 1 saturated heterocycles. The first kappa shape index (κ1) is 25.8. The maximum absolute atomic E-state index is 14.0. The molecular weight excluding hydrogens is 471 g/mol. The SMILES string of the molecule is CCC(CC)c1ccc(C2=CC3CN(C(=O)Nc4ccccc4C(=O)O)CC3(N)C2)c(C(F)(F)F)c1. The number of carbonyl (C=O) groups is 2. The van der Waals surface area contributed by atoms with E-state index in [0.29, 0.717) is 11.1 Å². The van der Waals surface area contributed by atoms with Gasteiger partial charge >= 0.3 is 18.2 Å². The Kier molecular flexibility index (Phi) is 6.88. The van der Waals surface area contributed by atoms with Crippen molar-refractivity contribution in [1.82, 2.24) is 4.90 Å². The summed E-state index contributed by atoms with van der Waals surface area (Å²) in [4.78, 5) is 25.8. The highest BCUT2D eigenvalue weighted by molar-refractivity contribution is 6.00. The lowest BCUT2D eigenvalue weighted by molar-refractivity contribution is -0.137. The predicted molar refractivity (Wildman–Crippen MR) is 132 cm³/mol. The molecule has 2 amide bonds. The molecule has 4 rings (SSSR count). The molecule has 0 bridgehead atoms. The summed E-state index contributed by atoms with van der Waals surface area (Å²) in [6, 6.07) is 10.2. The third kappa shape index (κ3) is 4.84. The number of nitrogens with two attached hydrogens (primary N) is 1. The van der Waals surface area contributed by atoms with E-state index >= 15 is 0 Å². The van der Waals surface area contributed by atoms with Gasteiger partial charge in [-0.15, -0.1) is 0 Å². The number of carboxylic acids is 1.